The van der Waals surface area contributed by atoms with Crippen molar-refractivity contribution in [1.82, 2.24) is 15.5 Å². The van der Waals surface area contributed by atoms with Crippen LogP contribution in [-0.2, 0) is 10.7 Å². The van der Waals surface area contributed by atoms with Crippen molar-refractivity contribution < 1.29 is 26.7 Å². The molecule has 1 unspecified atom stereocenters. The maximum Gasteiger partial charge on any atom is 0.278 e. The maximum absolute atomic E-state index is 15.7. The number of aliphatic imine (C=N–C) groups is 2. The van der Waals surface area contributed by atoms with Crippen molar-refractivity contribution in [3.05, 3.63) is 35.1 Å². The SMILES string of the molecule is CCC(=O)NCCCCC(F)(F)CN1CCC(C(F)(F)c2cccc([C@@H](C)N=C3CC(CC4CC4)N=CN3)c2F)CC1. The van der Waals surface area contributed by atoms with Crippen LogP contribution < -0.4 is 10.6 Å². The van der Waals surface area contributed by atoms with Gasteiger partial charge in [0.25, 0.3) is 11.8 Å². The van der Waals surface area contributed by atoms with Crippen molar-refractivity contribution in [2.45, 2.75) is 102 Å². The number of benzene rings is 1. The van der Waals surface area contributed by atoms with Gasteiger partial charge >= 0.3 is 0 Å². The monoisotopic (exact) mass is 597 g/mol. The van der Waals surface area contributed by atoms with Gasteiger partial charge in [0.15, 0.2) is 0 Å². The average Bonchev–Trinajstić information content (AvgIpc) is 3.77. The molecule has 1 aromatic carbocycles. The fourth-order valence-electron chi connectivity index (χ4n) is 5.90. The van der Waals surface area contributed by atoms with Crippen LogP contribution in [0.1, 0.15) is 95.2 Å². The van der Waals surface area contributed by atoms with Gasteiger partial charge in [-0.2, -0.15) is 0 Å². The Kier molecular flexibility index (Phi) is 11.0. The zero-order chi connectivity index (χ0) is 30.3. The first-order valence-corrected chi connectivity index (χ1v) is 15.4. The second kappa shape index (κ2) is 14.3. The van der Waals surface area contributed by atoms with Gasteiger partial charge in [0, 0.05) is 37.3 Å². The molecule has 2 fully saturated rings. The number of carbonyl (C=O) groups is 1. The first-order valence-electron chi connectivity index (χ1n) is 15.4. The number of hydrogen-bond acceptors (Lipinski definition) is 4. The summed E-state index contributed by atoms with van der Waals surface area (Å²) in [7, 11) is 0. The smallest absolute Gasteiger partial charge is 0.278 e. The van der Waals surface area contributed by atoms with E-state index in [1.54, 1.807) is 20.2 Å². The van der Waals surface area contributed by atoms with Gasteiger partial charge in [-0.25, -0.2) is 22.0 Å². The van der Waals surface area contributed by atoms with E-state index in [4.69, 9.17) is 0 Å². The van der Waals surface area contributed by atoms with E-state index in [0.29, 0.717) is 37.6 Å². The van der Waals surface area contributed by atoms with Gasteiger partial charge in [-0.3, -0.25) is 19.7 Å². The minimum Gasteiger partial charge on any atom is -0.356 e. The molecule has 0 spiro atoms. The van der Waals surface area contributed by atoms with Gasteiger partial charge in [0.1, 0.15) is 11.7 Å². The Bertz CT molecular complexity index is 1110. The molecule has 0 radical (unpaired) electrons. The summed E-state index contributed by atoms with van der Waals surface area (Å²) in [5.74, 6) is -7.21. The second-order valence-corrected chi connectivity index (χ2v) is 12.1. The van der Waals surface area contributed by atoms with Crippen LogP contribution in [0, 0.1) is 17.7 Å². The van der Waals surface area contributed by atoms with E-state index >= 15 is 13.2 Å². The fourth-order valence-corrected chi connectivity index (χ4v) is 5.90. The molecule has 42 heavy (non-hydrogen) atoms. The molecule has 0 aromatic heterocycles. The Labute approximate surface area is 245 Å². The van der Waals surface area contributed by atoms with Crippen LogP contribution in [0.3, 0.4) is 0 Å². The Balaban J connectivity index is 1.30. The zero-order valence-electron chi connectivity index (χ0n) is 24.7. The van der Waals surface area contributed by atoms with Crippen LogP contribution in [0.5, 0.6) is 0 Å². The second-order valence-electron chi connectivity index (χ2n) is 12.1. The molecule has 1 saturated carbocycles. The van der Waals surface area contributed by atoms with Crippen molar-refractivity contribution in [2.75, 3.05) is 26.2 Å². The molecule has 1 amide bonds. The van der Waals surface area contributed by atoms with E-state index in [2.05, 4.69) is 20.6 Å². The molecule has 1 aromatic rings. The molecule has 2 aliphatic heterocycles. The molecule has 6 nitrogen and oxygen atoms in total. The highest BCUT2D eigenvalue weighted by Crippen LogP contribution is 2.44. The molecule has 0 bridgehead atoms. The summed E-state index contributed by atoms with van der Waals surface area (Å²) in [5, 5.41) is 5.68. The standard InChI is InChI=1S/C31H44F5N5O/c1-3-28(42)37-14-5-4-13-30(33,34)19-41-15-11-23(12-16-41)31(35,36)26-8-6-7-25(29(26)32)21(2)40-27-18-24(38-20-39-27)17-22-9-10-22/h6-8,20-24H,3-5,9-19H2,1-2H3,(H,37,42)(H,38,39,40)/t21-,24?/m1/s1. The van der Waals surface area contributed by atoms with E-state index in [0.717, 1.165) is 12.5 Å². The van der Waals surface area contributed by atoms with Crippen LogP contribution in [-0.4, -0.2) is 61.1 Å². The number of unbranched alkanes of at least 4 members (excludes halogenated alkanes) is 1. The third kappa shape index (κ3) is 8.97. The Morgan fingerprint density at radius 1 is 1.17 bits per heavy atom. The quantitative estimate of drug-likeness (QED) is 0.187. The van der Waals surface area contributed by atoms with Gasteiger partial charge in [-0.15, -0.1) is 0 Å². The van der Waals surface area contributed by atoms with Crippen LogP contribution in [0.2, 0.25) is 0 Å². The molecular weight excluding hydrogens is 553 g/mol. The number of nitrogens with zero attached hydrogens (tertiary/aromatic N) is 3. The van der Waals surface area contributed by atoms with Gasteiger partial charge < -0.3 is 10.6 Å². The van der Waals surface area contributed by atoms with Crippen LogP contribution >= 0.6 is 0 Å². The lowest BCUT2D eigenvalue weighted by Gasteiger charge is -2.37. The number of amidine groups is 1. The third-order valence-electron chi connectivity index (χ3n) is 8.60. The van der Waals surface area contributed by atoms with Crippen molar-refractivity contribution in [2.24, 2.45) is 21.8 Å². The maximum atomic E-state index is 15.7. The first-order chi connectivity index (χ1) is 20.0. The lowest BCUT2D eigenvalue weighted by atomic mass is 9.85. The van der Waals surface area contributed by atoms with Crippen molar-refractivity contribution in [1.29, 1.82) is 0 Å². The summed E-state index contributed by atoms with van der Waals surface area (Å²) in [4.78, 5) is 21.8. The number of rotatable bonds is 14. The summed E-state index contributed by atoms with van der Waals surface area (Å²) < 4.78 is 76.0. The number of carbonyl (C=O) groups excluding carboxylic acids is 1. The van der Waals surface area contributed by atoms with Gasteiger partial charge in [0.05, 0.1) is 30.5 Å². The third-order valence-corrected chi connectivity index (χ3v) is 8.60. The van der Waals surface area contributed by atoms with E-state index < -0.39 is 41.7 Å². The molecule has 3 aliphatic rings. The minimum atomic E-state index is -3.43. The Morgan fingerprint density at radius 2 is 1.90 bits per heavy atom. The number of hydrogen-bond donors (Lipinski definition) is 2. The summed E-state index contributed by atoms with van der Waals surface area (Å²) >= 11 is 0. The highest BCUT2D eigenvalue weighted by atomic mass is 19.3. The van der Waals surface area contributed by atoms with E-state index in [9.17, 15) is 13.6 Å². The van der Waals surface area contributed by atoms with Crippen LogP contribution in [0.25, 0.3) is 0 Å². The number of halogens is 5. The summed E-state index contributed by atoms with van der Waals surface area (Å²) in [6, 6.07) is 3.52. The molecule has 234 valence electrons. The largest absolute Gasteiger partial charge is 0.356 e. The Morgan fingerprint density at radius 3 is 2.60 bits per heavy atom. The molecule has 2 heterocycles. The normalized spacial score (nSPS) is 22.3. The zero-order valence-corrected chi connectivity index (χ0v) is 24.7. The highest BCUT2D eigenvalue weighted by Gasteiger charge is 2.46. The predicted octanol–water partition coefficient (Wildman–Crippen LogP) is 6.61. The first kappa shape index (κ1) is 32.4. The van der Waals surface area contributed by atoms with Crippen molar-refractivity contribution in [3.63, 3.8) is 0 Å². The summed E-state index contributed by atoms with van der Waals surface area (Å²) in [6.07, 6.45) is 6.42. The number of likely N-dealkylation sites (tertiary alicyclic amines) is 1. The summed E-state index contributed by atoms with van der Waals surface area (Å²) in [5.41, 5.74) is -0.551. The summed E-state index contributed by atoms with van der Waals surface area (Å²) in [6.45, 7) is 3.49. The number of alkyl halides is 4. The van der Waals surface area contributed by atoms with Crippen molar-refractivity contribution in [3.8, 4) is 0 Å². The molecule has 1 aliphatic carbocycles. The molecule has 11 heteroatoms. The number of nitrogens with one attached hydrogen (secondary N) is 2. The van der Waals surface area contributed by atoms with E-state index in [-0.39, 0.29) is 56.3 Å². The highest BCUT2D eigenvalue weighted by molar-refractivity contribution is 5.94. The molecule has 2 atom stereocenters. The van der Waals surface area contributed by atoms with Gasteiger partial charge in [-0.05, 0) is 58.0 Å². The topological polar surface area (TPSA) is 69.1 Å². The van der Waals surface area contributed by atoms with Crippen molar-refractivity contribution >= 4 is 18.1 Å². The number of amides is 1. The Hall–Kier alpha value is -2.56. The van der Waals surface area contributed by atoms with E-state index in [1.165, 1.54) is 29.9 Å². The van der Waals surface area contributed by atoms with E-state index in [1.807, 2.05) is 0 Å². The predicted molar refractivity (Wildman–Crippen MR) is 155 cm³/mol. The molecule has 2 N–H and O–H groups in total. The fraction of sp³-hybridized carbons (Fsp3) is 0.710. The average molecular weight is 598 g/mol. The van der Waals surface area contributed by atoms with Gasteiger partial charge in [0.2, 0.25) is 5.91 Å². The molecule has 4 rings (SSSR count). The molecule has 1 saturated heterocycles. The minimum absolute atomic E-state index is 0.000706. The lowest BCUT2D eigenvalue weighted by molar-refractivity contribution is -0.120. The molecular formula is C31H44F5N5O. The van der Waals surface area contributed by atoms with Crippen LogP contribution in [0.4, 0.5) is 22.0 Å². The van der Waals surface area contributed by atoms with Gasteiger partial charge in [-0.1, -0.05) is 38.0 Å². The lowest BCUT2D eigenvalue weighted by Crippen LogP contribution is -2.44. The number of piperidine rings is 1. The van der Waals surface area contributed by atoms with Crippen LogP contribution in [0.15, 0.2) is 28.2 Å².